The molecule has 1 aromatic rings. The summed E-state index contributed by atoms with van der Waals surface area (Å²) >= 11 is 4.84. The third-order valence-electron chi connectivity index (χ3n) is 1.44. The van der Waals surface area contributed by atoms with E-state index in [9.17, 15) is 0 Å². The predicted molar refractivity (Wildman–Crippen MR) is 52.2 cm³/mol. The number of hydrogen-bond acceptors (Lipinski definition) is 3. The molecule has 0 radical (unpaired) electrons. The van der Waals surface area contributed by atoms with Gasteiger partial charge in [-0.25, -0.2) is 0 Å². The highest BCUT2D eigenvalue weighted by Gasteiger charge is 1.98. The molecule has 64 valence electrons. The van der Waals surface area contributed by atoms with E-state index in [0.29, 0.717) is 5.17 Å². The van der Waals surface area contributed by atoms with Crippen LogP contribution in [0.1, 0.15) is 5.56 Å². The second kappa shape index (κ2) is 4.01. The molecule has 3 nitrogen and oxygen atoms in total. The van der Waals surface area contributed by atoms with E-state index < -0.39 is 0 Å². The Kier molecular flexibility index (Phi) is 2.99. The Morgan fingerprint density at radius 3 is 3.00 bits per heavy atom. The molecule has 0 bridgehead atoms. The van der Waals surface area contributed by atoms with Crippen molar-refractivity contribution in [3.63, 3.8) is 0 Å². The lowest BCUT2D eigenvalue weighted by Crippen LogP contribution is -2.11. The molecule has 4 heteroatoms. The minimum atomic E-state index is 0.365. The number of pyridine rings is 1. The lowest BCUT2D eigenvalue weighted by molar-refractivity contribution is 0.413. The van der Waals surface area contributed by atoms with Crippen LogP contribution in [0.2, 0.25) is 0 Å². The zero-order valence-electron chi connectivity index (χ0n) is 7.00. The fraction of sp³-hybridized carbons (Fsp3) is 0.250. The maximum Gasteiger partial charge on any atom is 0.260 e. The molecular formula is C8H10N2OS. The molecular weight excluding hydrogens is 172 g/mol. The number of rotatable bonds is 1. The van der Waals surface area contributed by atoms with Crippen LogP contribution in [0.4, 0.5) is 5.69 Å². The SMILES string of the molecule is COC(=S)Nc1ccncc1C. The average Bonchev–Trinajstić information content (AvgIpc) is 2.09. The van der Waals surface area contributed by atoms with Crippen molar-refractivity contribution in [3.05, 3.63) is 24.0 Å². The number of nitrogens with one attached hydrogen (secondary N) is 1. The van der Waals surface area contributed by atoms with E-state index in [2.05, 4.69) is 10.3 Å². The first-order chi connectivity index (χ1) is 5.74. The highest BCUT2D eigenvalue weighted by molar-refractivity contribution is 7.80. The minimum absolute atomic E-state index is 0.365. The van der Waals surface area contributed by atoms with Crippen LogP contribution in [-0.4, -0.2) is 17.3 Å². The number of ether oxygens (including phenoxy) is 1. The summed E-state index contributed by atoms with van der Waals surface area (Å²) < 4.78 is 4.81. The Labute approximate surface area is 76.8 Å². The quantitative estimate of drug-likeness (QED) is 0.671. The predicted octanol–water partition coefficient (Wildman–Crippen LogP) is 1.73. The fourth-order valence-corrected chi connectivity index (χ4v) is 0.885. The average molecular weight is 182 g/mol. The Bertz CT molecular complexity index is 288. The van der Waals surface area contributed by atoms with Crippen molar-refractivity contribution >= 4 is 23.1 Å². The van der Waals surface area contributed by atoms with Crippen molar-refractivity contribution in [2.45, 2.75) is 6.92 Å². The molecule has 12 heavy (non-hydrogen) atoms. The molecule has 0 saturated carbocycles. The lowest BCUT2D eigenvalue weighted by Gasteiger charge is -2.07. The van der Waals surface area contributed by atoms with Gasteiger partial charge in [0.1, 0.15) is 0 Å². The van der Waals surface area contributed by atoms with Crippen LogP contribution in [-0.2, 0) is 4.74 Å². The summed E-state index contributed by atoms with van der Waals surface area (Å²) in [7, 11) is 1.53. The van der Waals surface area contributed by atoms with Gasteiger partial charge in [-0.05, 0) is 30.8 Å². The summed E-state index contributed by atoms with van der Waals surface area (Å²) in [6, 6.07) is 1.85. The van der Waals surface area contributed by atoms with E-state index >= 15 is 0 Å². The Balaban J connectivity index is 2.75. The molecule has 0 aliphatic rings. The summed E-state index contributed by atoms with van der Waals surface area (Å²) in [6.07, 6.45) is 3.47. The van der Waals surface area contributed by atoms with Crippen LogP contribution >= 0.6 is 12.2 Å². The monoisotopic (exact) mass is 182 g/mol. The number of thiocarbonyl (C=S) groups is 1. The standard InChI is InChI=1S/C8H10N2OS/c1-6-5-9-4-3-7(6)10-8(12)11-2/h3-5H,1-2H3,(H,9,10,12). The van der Waals surface area contributed by atoms with Crippen LogP contribution < -0.4 is 5.32 Å². The molecule has 1 heterocycles. The number of nitrogens with zero attached hydrogens (tertiary/aromatic N) is 1. The molecule has 1 rings (SSSR count). The van der Waals surface area contributed by atoms with Gasteiger partial charge in [0.05, 0.1) is 7.11 Å². The van der Waals surface area contributed by atoms with Gasteiger partial charge in [0.25, 0.3) is 5.17 Å². The number of aryl methyl sites for hydroxylation is 1. The summed E-state index contributed by atoms with van der Waals surface area (Å²) in [5.41, 5.74) is 1.97. The second-order valence-corrected chi connectivity index (χ2v) is 2.68. The first-order valence-corrected chi connectivity index (χ1v) is 3.90. The lowest BCUT2D eigenvalue weighted by atomic mass is 10.3. The van der Waals surface area contributed by atoms with Gasteiger partial charge in [-0.1, -0.05) is 0 Å². The Hall–Kier alpha value is -1.16. The maximum atomic E-state index is 4.84. The summed E-state index contributed by atoms with van der Waals surface area (Å²) in [6.45, 7) is 1.95. The van der Waals surface area contributed by atoms with Gasteiger partial charge >= 0.3 is 0 Å². The van der Waals surface area contributed by atoms with Crippen molar-refractivity contribution in [3.8, 4) is 0 Å². The van der Waals surface area contributed by atoms with Crippen LogP contribution in [0.15, 0.2) is 18.5 Å². The van der Waals surface area contributed by atoms with E-state index in [0.717, 1.165) is 11.3 Å². The Morgan fingerprint density at radius 1 is 1.67 bits per heavy atom. The molecule has 0 aliphatic heterocycles. The van der Waals surface area contributed by atoms with Gasteiger partial charge in [-0.2, -0.15) is 0 Å². The van der Waals surface area contributed by atoms with Crippen molar-refractivity contribution in [2.75, 3.05) is 12.4 Å². The number of aromatic nitrogens is 1. The van der Waals surface area contributed by atoms with Crippen molar-refractivity contribution in [1.82, 2.24) is 4.98 Å². The summed E-state index contributed by atoms with van der Waals surface area (Å²) in [5.74, 6) is 0. The van der Waals surface area contributed by atoms with Gasteiger partial charge < -0.3 is 10.1 Å². The van der Waals surface area contributed by atoms with E-state index in [1.807, 2.05) is 13.0 Å². The third kappa shape index (κ3) is 2.17. The highest BCUT2D eigenvalue weighted by Crippen LogP contribution is 2.11. The molecule has 1 aromatic heterocycles. The van der Waals surface area contributed by atoms with Crippen molar-refractivity contribution in [2.24, 2.45) is 0 Å². The van der Waals surface area contributed by atoms with E-state index in [1.165, 1.54) is 7.11 Å². The highest BCUT2D eigenvalue weighted by atomic mass is 32.1. The summed E-state index contributed by atoms with van der Waals surface area (Å²) in [4.78, 5) is 3.95. The minimum Gasteiger partial charge on any atom is -0.474 e. The summed E-state index contributed by atoms with van der Waals surface area (Å²) in [5, 5.41) is 3.29. The van der Waals surface area contributed by atoms with Gasteiger partial charge in [-0.15, -0.1) is 0 Å². The first kappa shape index (κ1) is 8.93. The molecule has 0 amide bonds. The van der Waals surface area contributed by atoms with Gasteiger partial charge in [0, 0.05) is 18.1 Å². The molecule has 0 atom stereocenters. The molecule has 0 fully saturated rings. The van der Waals surface area contributed by atoms with Crippen LogP contribution in [0.25, 0.3) is 0 Å². The molecule has 0 saturated heterocycles. The smallest absolute Gasteiger partial charge is 0.260 e. The van der Waals surface area contributed by atoms with Crippen molar-refractivity contribution in [1.29, 1.82) is 0 Å². The normalized spacial score (nSPS) is 9.17. The molecule has 1 N–H and O–H groups in total. The van der Waals surface area contributed by atoms with Crippen molar-refractivity contribution < 1.29 is 4.74 Å². The topological polar surface area (TPSA) is 34.1 Å². The number of methoxy groups -OCH3 is 1. The van der Waals surface area contributed by atoms with E-state index in [4.69, 9.17) is 17.0 Å². The first-order valence-electron chi connectivity index (χ1n) is 3.49. The second-order valence-electron chi connectivity index (χ2n) is 2.31. The zero-order chi connectivity index (χ0) is 8.97. The van der Waals surface area contributed by atoms with E-state index in [1.54, 1.807) is 12.4 Å². The molecule has 0 unspecified atom stereocenters. The number of hydrogen-bond donors (Lipinski definition) is 1. The molecule has 0 spiro atoms. The fourth-order valence-electron chi connectivity index (χ4n) is 0.775. The Morgan fingerprint density at radius 2 is 2.42 bits per heavy atom. The largest absolute Gasteiger partial charge is 0.474 e. The third-order valence-corrected chi connectivity index (χ3v) is 1.71. The van der Waals surface area contributed by atoms with Crippen LogP contribution in [0.3, 0.4) is 0 Å². The van der Waals surface area contributed by atoms with E-state index in [-0.39, 0.29) is 0 Å². The molecule has 0 aromatic carbocycles. The van der Waals surface area contributed by atoms with Gasteiger partial charge in [-0.3, -0.25) is 4.98 Å². The van der Waals surface area contributed by atoms with Gasteiger partial charge in [0.15, 0.2) is 0 Å². The maximum absolute atomic E-state index is 4.84. The van der Waals surface area contributed by atoms with Crippen LogP contribution in [0.5, 0.6) is 0 Å². The van der Waals surface area contributed by atoms with Crippen LogP contribution in [0, 0.1) is 6.92 Å². The molecule has 0 aliphatic carbocycles. The van der Waals surface area contributed by atoms with Gasteiger partial charge in [0.2, 0.25) is 0 Å². The zero-order valence-corrected chi connectivity index (χ0v) is 7.81. The number of anilines is 1.